The first-order valence-electron chi connectivity index (χ1n) is 6.75. The largest absolute Gasteiger partial charge is 0.301 e. The summed E-state index contributed by atoms with van der Waals surface area (Å²) in [4.78, 5) is 18.9. The molecule has 0 bridgehead atoms. The fourth-order valence-electron chi connectivity index (χ4n) is 2.04. The lowest BCUT2D eigenvalue weighted by molar-refractivity contribution is 0.626. The number of nitrogens with zero attached hydrogens (tertiary/aromatic N) is 1. The van der Waals surface area contributed by atoms with Crippen LogP contribution >= 0.6 is 11.8 Å². The van der Waals surface area contributed by atoms with E-state index in [1.54, 1.807) is 6.07 Å². The molecular formula is C17H13FN2OS. The van der Waals surface area contributed by atoms with E-state index in [0.29, 0.717) is 16.6 Å². The Balaban J connectivity index is 1.83. The smallest absolute Gasteiger partial charge is 0.252 e. The van der Waals surface area contributed by atoms with Crippen LogP contribution < -0.4 is 5.56 Å². The molecule has 1 aromatic heterocycles. The first-order valence-corrected chi connectivity index (χ1v) is 7.73. The van der Waals surface area contributed by atoms with Crippen molar-refractivity contribution in [3.8, 4) is 11.3 Å². The van der Waals surface area contributed by atoms with Crippen LogP contribution in [0, 0.1) is 5.82 Å². The number of benzene rings is 2. The normalized spacial score (nSPS) is 10.6. The number of halogens is 1. The van der Waals surface area contributed by atoms with Gasteiger partial charge >= 0.3 is 0 Å². The summed E-state index contributed by atoms with van der Waals surface area (Å²) in [5.41, 5.74) is 2.17. The third-order valence-corrected chi connectivity index (χ3v) is 4.00. The molecule has 0 aliphatic rings. The molecule has 3 nitrogen and oxygen atoms in total. The number of H-pyrrole nitrogens is 1. The molecule has 0 fully saturated rings. The van der Waals surface area contributed by atoms with Crippen LogP contribution in [0.2, 0.25) is 0 Å². The first kappa shape index (κ1) is 14.5. The van der Waals surface area contributed by atoms with Crippen molar-refractivity contribution in [2.45, 2.75) is 10.9 Å². The molecule has 2 aromatic carbocycles. The number of rotatable bonds is 4. The van der Waals surface area contributed by atoms with Crippen molar-refractivity contribution in [1.82, 2.24) is 9.97 Å². The Kier molecular flexibility index (Phi) is 4.34. The van der Waals surface area contributed by atoms with Crippen LogP contribution in [0.4, 0.5) is 4.39 Å². The molecule has 0 spiro atoms. The second-order valence-corrected chi connectivity index (χ2v) is 5.68. The minimum atomic E-state index is -0.266. The van der Waals surface area contributed by atoms with Gasteiger partial charge in [0.2, 0.25) is 0 Å². The Bertz CT molecular complexity index is 833. The highest BCUT2D eigenvalue weighted by atomic mass is 32.2. The van der Waals surface area contributed by atoms with E-state index in [4.69, 9.17) is 0 Å². The summed E-state index contributed by atoms with van der Waals surface area (Å²) in [6, 6.07) is 17.4. The van der Waals surface area contributed by atoms with Crippen molar-refractivity contribution >= 4 is 11.8 Å². The Morgan fingerprint density at radius 3 is 2.64 bits per heavy atom. The molecule has 3 rings (SSSR count). The van der Waals surface area contributed by atoms with Gasteiger partial charge in [0.05, 0.1) is 5.69 Å². The van der Waals surface area contributed by atoms with Gasteiger partial charge in [-0.15, -0.1) is 0 Å². The van der Waals surface area contributed by atoms with E-state index in [0.717, 1.165) is 11.1 Å². The maximum Gasteiger partial charge on any atom is 0.252 e. The van der Waals surface area contributed by atoms with Crippen LogP contribution in [0.5, 0.6) is 0 Å². The molecule has 0 aliphatic carbocycles. The molecule has 0 aliphatic heterocycles. The number of aromatic nitrogens is 2. The molecule has 0 atom stereocenters. The van der Waals surface area contributed by atoms with Crippen molar-refractivity contribution in [1.29, 1.82) is 0 Å². The second kappa shape index (κ2) is 6.58. The average molecular weight is 312 g/mol. The number of nitrogens with one attached hydrogen (secondary N) is 1. The lowest BCUT2D eigenvalue weighted by atomic mass is 10.1. The Hall–Kier alpha value is -2.40. The Labute approximate surface area is 131 Å². The van der Waals surface area contributed by atoms with Gasteiger partial charge in [-0.1, -0.05) is 54.2 Å². The topological polar surface area (TPSA) is 45.8 Å². The fourth-order valence-corrected chi connectivity index (χ4v) is 2.86. The molecule has 1 N–H and O–H groups in total. The molecule has 0 radical (unpaired) electrons. The molecule has 22 heavy (non-hydrogen) atoms. The highest BCUT2D eigenvalue weighted by Crippen LogP contribution is 2.21. The quantitative estimate of drug-likeness (QED) is 0.587. The van der Waals surface area contributed by atoms with Crippen molar-refractivity contribution in [3.63, 3.8) is 0 Å². The van der Waals surface area contributed by atoms with E-state index in [9.17, 15) is 9.18 Å². The predicted octanol–water partition coefficient (Wildman–Crippen LogP) is 3.87. The van der Waals surface area contributed by atoms with Crippen LogP contribution in [0.15, 0.2) is 70.6 Å². The van der Waals surface area contributed by atoms with Crippen molar-refractivity contribution in [3.05, 3.63) is 82.4 Å². The van der Waals surface area contributed by atoms with Gasteiger partial charge in [-0.2, -0.15) is 0 Å². The Morgan fingerprint density at radius 1 is 1.05 bits per heavy atom. The van der Waals surface area contributed by atoms with E-state index < -0.39 is 0 Å². The van der Waals surface area contributed by atoms with Gasteiger partial charge in [-0.3, -0.25) is 4.79 Å². The number of hydrogen-bond acceptors (Lipinski definition) is 3. The second-order valence-electron chi connectivity index (χ2n) is 4.72. The van der Waals surface area contributed by atoms with E-state index in [1.165, 1.54) is 30.0 Å². The summed E-state index contributed by atoms with van der Waals surface area (Å²) in [6.07, 6.45) is 0. The molecule has 0 amide bonds. The summed E-state index contributed by atoms with van der Waals surface area (Å²) in [7, 11) is 0. The van der Waals surface area contributed by atoms with Crippen molar-refractivity contribution in [2.24, 2.45) is 0 Å². The first-order chi connectivity index (χ1) is 10.7. The maximum atomic E-state index is 13.2. The zero-order chi connectivity index (χ0) is 15.4. The van der Waals surface area contributed by atoms with Gasteiger partial charge in [0, 0.05) is 17.4 Å². The van der Waals surface area contributed by atoms with Crippen LogP contribution in [-0.4, -0.2) is 9.97 Å². The summed E-state index contributed by atoms with van der Waals surface area (Å²) >= 11 is 1.37. The zero-order valence-corrected chi connectivity index (χ0v) is 12.4. The van der Waals surface area contributed by atoms with Gasteiger partial charge in [-0.25, -0.2) is 9.37 Å². The van der Waals surface area contributed by atoms with Crippen molar-refractivity contribution < 1.29 is 4.39 Å². The monoisotopic (exact) mass is 312 g/mol. The predicted molar refractivity (Wildman–Crippen MR) is 86.3 cm³/mol. The lowest BCUT2D eigenvalue weighted by Crippen LogP contribution is -2.08. The van der Waals surface area contributed by atoms with E-state index in [1.807, 2.05) is 36.4 Å². The highest BCUT2D eigenvalue weighted by Gasteiger charge is 2.05. The van der Waals surface area contributed by atoms with E-state index in [2.05, 4.69) is 9.97 Å². The van der Waals surface area contributed by atoms with Gasteiger partial charge in [0.25, 0.3) is 5.56 Å². The third-order valence-electron chi connectivity index (χ3n) is 3.05. The van der Waals surface area contributed by atoms with Gasteiger partial charge in [0.15, 0.2) is 5.16 Å². The molecule has 110 valence electrons. The molecule has 1 heterocycles. The molecule has 5 heteroatoms. The van der Waals surface area contributed by atoms with E-state index >= 15 is 0 Å². The van der Waals surface area contributed by atoms with Crippen LogP contribution in [0.25, 0.3) is 11.3 Å². The van der Waals surface area contributed by atoms with Crippen LogP contribution in [-0.2, 0) is 5.75 Å². The summed E-state index contributed by atoms with van der Waals surface area (Å²) in [5.74, 6) is 0.274. The SMILES string of the molecule is O=c1cc(-c2ccccc2)nc(SCc2cccc(F)c2)[nH]1. The number of aromatic amines is 1. The zero-order valence-electron chi connectivity index (χ0n) is 11.6. The minimum absolute atomic E-state index is 0.199. The molecule has 0 unspecified atom stereocenters. The summed E-state index contributed by atoms with van der Waals surface area (Å²) < 4.78 is 13.2. The number of hydrogen-bond donors (Lipinski definition) is 1. The minimum Gasteiger partial charge on any atom is -0.301 e. The lowest BCUT2D eigenvalue weighted by Gasteiger charge is -2.04. The van der Waals surface area contributed by atoms with Crippen LogP contribution in [0.1, 0.15) is 5.56 Å². The van der Waals surface area contributed by atoms with Gasteiger partial charge in [-0.05, 0) is 17.7 Å². The van der Waals surface area contributed by atoms with Crippen LogP contribution in [0.3, 0.4) is 0 Å². The maximum absolute atomic E-state index is 13.2. The molecule has 0 saturated heterocycles. The average Bonchev–Trinajstić information content (AvgIpc) is 2.53. The van der Waals surface area contributed by atoms with E-state index in [-0.39, 0.29) is 11.4 Å². The summed E-state index contributed by atoms with van der Waals surface area (Å²) in [6.45, 7) is 0. The molecule has 3 aromatic rings. The third kappa shape index (κ3) is 3.62. The number of thioether (sulfide) groups is 1. The molecule has 0 saturated carbocycles. The fraction of sp³-hybridized carbons (Fsp3) is 0.0588. The van der Waals surface area contributed by atoms with Gasteiger partial charge in [0.1, 0.15) is 5.82 Å². The Morgan fingerprint density at radius 2 is 1.86 bits per heavy atom. The highest BCUT2D eigenvalue weighted by molar-refractivity contribution is 7.98. The van der Waals surface area contributed by atoms with Gasteiger partial charge < -0.3 is 4.98 Å². The standard InChI is InChI=1S/C17H13FN2OS/c18-14-8-4-5-12(9-14)11-22-17-19-15(10-16(21)20-17)13-6-2-1-3-7-13/h1-10H,11H2,(H,19,20,21). The van der Waals surface area contributed by atoms with Crippen molar-refractivity contribution in [2.75, 3.05) is 0 Å². The summed E-state index contributed by atoms with van der Waals surface area (Å²) in [5, 5.41) is 0.524. The molecular weight excluding hydrogens is 299 g/mol.